The zero-order chi connectivity index (χ0) is 24.1. The fourth-order valence-corrected chi connectivity index (χ4v) is 5.02. The van der Waals surface area contributed by atoms with Crippen molar-refractivity contribution in [1.82, 2.24) is 0 Å². The molecule has 0 bridgehead atoms. The van der Waals surface area contributed by atoms with E-state index in [1.807, 2.05) is 0 Å². The molecule has 8 nitrogen and oxygen atoms in total. The van der Waals surface area contributed by atoms with Gasteiger partial charge >= 0.3 is 11.9 Å². The first kappa shape index (κ1) is 24.4. The van der Waals surface area contributed by atoms with Gasteiger partial charge in [-0.15, -0.1) is 11.3 Å². The minimum Gasteiger partial charge on any atom is -0.462 e. The summed E-state index contributed by atoms with van der Waals surface area (Å²) >= 11 is 1.37. The normalized spacial score (nSPS) is 13.5. The van der Waals surface area contributed by atoms with Crippen LogP contribution < -0.4 is 10.6 Å². The van der Waals surface area contributed by atoms with Gasteiger partial charge in [-0.05, 0) is 63.6 Å². The third kappa shape index (κ3) is 5.60. The predicted molar refractivity (Wildman–Crippen MR) is 126 cm³/mol. The van der Waals surface area contributed by atoms with Gasteiger partial charge in [-0.2, -0.15) is 0 Å². The third-order valence-electron chi connectivity index (χ3n) is 5.33. The maximum absolute atomic E-state index is 12.9. The number of para-hydroxylation sites is 1. The molecule has 1 aliphatic rings. The lowest BCUT2D eigenvalue weighted by Crippen LogP contribution is -2.30. The molecule has 176 valence electrons. The van der Waals surface area contributed by atoms with E-state index in [1.54, 1.807) is 26.0 Å². The van der Waals surface area contributed by atoms with Crippen LogP contribution >= 0.6 is 11.3 Å². The summed E-state index contributed by atoms with van der Waals surface area (Å²) in [5.41, 5.74) is 2.53. The Hall–Kier alpha value is -3.20. The van der Waals surface area contributed by atoms with Crippen molar-refractivity contribution >= 4 is 45.8 Å². The highest BCUT2D eigenvalue weighted by molar-refractivity contribution is 7.17. The van der Waals surface area contributed by atoms with E-state index in [9.17, 15) is 19.2 Å². The molecule has 9 heteroatoms. The quantitative estimate of drug-likeness (QED) is 0.583. The molecule has 0 saturated heterocycles. The van der Waals surface area contributed by atoms with E-state index < -0.39 is 23.9 Å². The highest BCUT2D eigenvalue weighted by Gasteiger charge is 2.29. The number of esters is 2. The van der Waals surface area contributed by atoms with Gasteiger partial charge in [-0.1, -0.05) is 12.1 Å². The second-order valence-electron chi connectivity index (χ2n) is 7.85. The lowest BCUT2D eigenvalue weighted by atomic mass is 9.95. The van der Waals surface area contributed by atoms with Gasteiger partial charge in [-0.3, -0.25) is 9.59 Å². The van der Waals surface area contributed by atoms with Crippen LogP contribution in [0.25, 0.3) is 0 Å². The maximum Gasteiger partial charge on any atom is 0.341 e. The molecule has 2 N–H and O–H groups in total. The van der Waals surface area contributed by atoms with Crippen LogP contribution in [0.5, 0.6) is 0 Å². The summed E-state index contributed by atoms with van der Waals surface area (Å²) in [5, 5.41) is 5.81. The van der Waals surface area contributed by atoms with Crippen LogP contribution in [-0.4, -0.2) is 36.5 Å². The Morgan fingerprint density at radius 3 is 2.52 bits per heavy atom. The number of nitrogens with one attached hydrogen (secondary N) is 2. The minimum absolute atomic E-state index is 0.156. The average molecular weight is 473 g/mol. The summed E-state index contributed by atoms with van der Waals surface area (Å²) < 4.78 is 10.6. The predicted octanol–water partition coefficient (Wildman–Crippen LogP) is 4.25. The van der Waals surface area contributed by atoms with Crippen LogP contribution in [0.1, 0.15) is 70.3 Å². The van der Waals surface area contributed by atoms with Crippen molar-refractivity contribution in [3.05, 3.63) is 45.3 Å². The Kier molecular flexibility index (Phi) is 7.86. The fourth-order valence-electron chi connectivity index (χ4n) is 3.74. The van der Waals surface area contributed by atoms with Crippen LogP contribution in [0.3, 0.4) is 0 Å². The van der Waals surface area contributed by atoms with E-state index in [1.165, 1.54) is 31.3 Å². The van der Waals surface area contributed by atoms with Crippen molar-refractivity contribution in [2.75, 3.05) is 17.2 Å². The Morgan fingerprint density at radius 2 is 1.82 bits per heavy atom. The zero-order valence-electron chi connectivity index (χ0n) is 19.2. The zero-order valence-corrected chi connectivity index (χ0v) is 20.0. The molecule has 0 fully saturated rings. The number of thiophene rings is 1. The number of rotatable bonds is 7. The van der Waals surface area contributed by atoms with Crippen LogP contribution in [0.4, 0.5) is 10.7 Å². The van der Waals surface area contributed by atoms with Crippen molar-refractivity contribution in [3.63, 3.8) is 0 Å². The minimum atomic E-state index is -1.13. The van der Waals surface area contributed by atoms with E-state index in [0.29, 0.717) is 21.8 Å². The number of fused-ring (bicyclic) bond motifs is 1. The second kappa shape index (κ2) is 10.6. The van der Waals surface area contributed by atoms with E-state index in [2.05, 4.69) is 10.6 Å². The number of aryl methyl sites for hydroxylation is 2. The lowest BCUT2D eigenvalue weighted by Gasteiger charge is -2.16. The summed E-state index contributed by atoms with van der Waals surface area (Å²) in [6, 6.07) is 4.95. The summed E-state index contributed by atoms with van der Waals surface area (Å²) in [5.74, 6) is -2.07. The Balaban J connectivity index is 1.78. The van der Waals surface area contributed by atoms with Gasteiger partial charge in [0.05, 0.1) is 23.4 Å². The molecule has 0 saturated carbocycles. The van der Waals surface area contributed by atoms with Crippen molar-refractivity contribution in [2.24, 2.45) is 0 Å². The van der Waals surface area contributed by atoms with Crippen molar-refractivity contribution in [3.8, 4) is 0 Å². The standard InChI is InChI=1S/C24H28N2O6S/c1-5-31-24(30)19-16-10-6-7-12-18(16)33-22(19)26-21(28)14(3)32-23(29)17-11-8-9-13(2)20(17)25-15(4)27/h8-9,11,14H,5-7,10,12H2,1-4H3,(H,25,27)(H,26,28). The molecule has 33 heavy (non-hydrogen) atoms. The maximum atomic E-state index is 12.9. The lowest BCUT2D eigenvalue weighted by molar-refractivity contribution is -0.123. The number of carbonyl (C=O) groups is 4. The van der Waals surface area contributed by atoms with Gasteiger partial charge < -0.3 is 20.1 Å². The molecular formula is C24H28N2O6S. The molecule has 1 atom stereocenters. The molecule has 0 radical (unpaired) electrons. The molecule has 0 aliphatic heterocycles. The van der Waals surface area contributed by atoms with E-state index in [4.69, 9.17) is 9.47 Å². The van der Waals surface area contributed by atoms with Gasteiger partial charge in [0, 0.05) is 11.8 Å². The Labute approximate surface area is 196 Å². The molecule has 1 aromatic heterocycles. The molecule has 0 spiro atoms. The molecule has 2 aromatic rings. The van der Waals surface area contributed by atoms with Crippen molar-refractivity contribution in [2.45, 2.75) is 59.5 Å². The largest absolute Gasteiger partial charge is 0.462 e. The van der Waals surface area contributed by atoms with E-state index >= 15 is 0 Å². The van der Waals surface area contributed by atoms with Crippen LogP contribution in [-0.2, 0) is 31.9 Å². The van der Waals surface area contributed by atoms with Crippen molar-refractivity contribution < 1.29 is 28.7 Å². The molecule has 3 rings (SSSR count). The molecule has 1 unspecified atom stereocenters. The number of carbonyl (C=O) groups excluding carboxylic acids is 4. The van der Waals surface area contributed by atoms with Gasteiger partial charge in [0.2, 0.25) is 5.91 Å². The SMILES string of the molecule is CCOC(=O)c1c(NC(=O)C(C)OC(=O)c2cccc(C)c2NC(C)=O)sc2c1CCCC2. The number of hydrogen-bond acceptors (Lipinski definition) is 7. The molecule has 2 amide bonds. The molecule has 1 aromatic carbocycles. The number of amides is 2. The molecule has 1 aliphatic carbocycles. The highest BCUT2D eigenvalue weighted by Crippen LogP contribution is 2.38. The number of benzene rings is 1. The Morgan fingerprint density at radius 1 is 1.09 bits per heavy atom. The van der Waals surface area contributed by atoms with Crippen molar-refractivity contribution in [1.29, 1.82) is 0 Å². The smallest absolute Gasteiger partial charge is 0.341 e. The summed E-state index contributed by atoms with van der Waals surface area (Å²) in [6.45, 7) is 6.53. The molecule has 1 heterocycles. The summed E-state index contributed by atoms with van der Waals surface area (Å²) in [7, 11) is 0. The monoisotopic (exact) mass is 472 g/mol. The first-order chi connectivity index (χ1) is 15.7. The average Bonchev–Trinajstić information content (AvgIpc) is 3.12. The second-order valence-corrected chi connectivity index (χ2v) is 8.96. The first-order valence-electron chi connectivity index (χ1n) is 10.9. The van der Waals surface area contributed by atoms with Gasteiger partial charge in [0.1, 0.15) is 5.00 Å². The molecular weight excluding hydrogens is 444 g/mol. The van der Waals surface area contributed by atoms with Gasteiger partial charge in [0.15, 0.2) is 6.10 Å². The third-order valence-corrected chi connectivity index (χ3v) is 6.54. The van der Waals surface area contributed by atoms with Crippen LogP contribution in [0.15, 0.2) is 18.2 Å². The summed E-state index contributed by atoms with van der Waals surface area (Å²) in [4.78, 5) is 50.8. The van der Waals surface area contributed by atoms with E-state index in [-0.39, 0.29) is 18.1 Å². The number of ether oxygens (including phenoxy) is 2. The van der Waals surface area contributed by atoms with Crippen LogP contribution in [0, 0.1) is 6.92 Å². The Bertz CT molecular complexity index is 1090. The number of hydrogen-bond donors (Lipinski definition) is 2. The van der Waals surface area contributed by atoms with E-state index in [0.717, 1.165) is 36.1 Å². The topological polar surface area (TPSA) is 111 Å². The van der Waals surface area contributed by atoms with Gasteiger partial charge in [-0.25, -0.2) is 9.59 Å². The first-order valence-corrected chi connectivity index (χ1v) is 11.7. The fraction of sp³-hybridized carbons (Fsp3) is 0.417. The van der Waals surface area contributed by atoms with Crippen LogP contribution in [0.2, 0.25) is 0 Å². The summed E-state index contributed by atoms with van der Waals surface area (Å²) in [6.07, 6.45) is 2.50. The van der Waals surface area contributed by atoms with Gasteiger partial charge in [0.25, 0.3) is 5.91 Å². The highest BCUT2D eigenvalue weighted by atomic mass is 32.1. The number of anilines is 2.